The predicted octanol–water partition coefficient (Wildman–Crippen LogP) is 2.39. The standard InChI is InChI=1S/C20H24FN3O3/c1-13-11-16(14(2)22(13)3)20(26)24-9-7-23(8-10-24)19(25)15-5-6-18(27-4)17(21)12-15/h5-6,11-12H,7-10H2,1-4H3. The van der Waals surface area contributed by atoms with Gasteiger partial charge in [-0.05, 0) is 38.1 Å². The Labute approximate surface area is 158 Å². The van der Waals surface area contributed by atoms with Crippen LogP contribution in [0.2, 0.25) is 0 Å². The zero-order valence-corrected chi connectivity index (χ0v) is 16.1. The molecule has 0 atom stereocenters. The van der Waals surface area contributed by atoms with Crippen molar-refractivity contribution in [1.82, 2.24) is 14.4 Å². The normalized spacial score (nSPS) is 14.4. The summed E-state index contributed by atoms with van der Waals surface area (Å²) >= 11 is 0. The molecule has 1 fully saturated rings. The first-order chi connectivity index (χ1) is 12.8. The second kappa shape index (κ2) is 7.42. The van der Waals surface area contributed by atoms with Crippen LogP contribution in [0.4, 0.5) is 4.39 Å². The van der Waals surface area contributed by atoms with Crippen LogP contribution in [0.3, 0.4) is 0 Å². The quantitative estimate of drug-likeness (QED) is 0.830. The summed E-state index contributed by atoms with van der Waals surface area (Å²) in [6, 6.07) is 6.09. The summed E-state index contributed by atoms with van der Waals surface area (Å²) in [4.78, 5) is 28.8. The van der Waals surface area contributed by atoms with E-state index in [-0.39, 0.29) is 23.1 Å². The molecule has 0 N–H and O–H groups in total. The van der Waals surface area contributed by atoms with Crippen LogP contribution in [0, 0.1) is 19.7 Å². The zero-order chi connectivity index (χ0) is 19.7. The number of halogens is 1. The molecule has 0 unspecified atom stereocenters. The van der Waals surface area contributed by atoms with Gasteiger partial charge in [0.15, 0.2) is 11.6 Å². The van der Waals surface area contributed by atoms with E-state index in [9.17, 15) is 14.0 Å². The third-order valence-corrected chi connectivity index (χ3v) is 5.26. The molecule has 0 spiro atoms. The number of benzene rings is 1. The second-order valence-corrected chi connectivity index (χ2v) is 6.78. The topological polar surface area (TPSA) is 54.8 Å². The number of methoxy groups -OCH3 is 1. The Morgan fingerprint density at radius 3 is 2.07 bits per heavy atom. The second-order valence-electron chi connectivity index (χ2n) is 6.78. The van der Waals surface area contributed by atoms with E-state index in [2.05, 4.69) is 0 Å². The Balaban J connectivity index is 1.66. The highest BCUT2D eigenvalue weighted by atomic mass is 19.1. The lowest BCUT2D eigenvalue weighted by Crippen LogP contribution is -2.50. The summed E-state index contributed by atoms with van der Waals surface area (Å²) in [6.45, 7) is 5.64. The number of hydrogen-bond acceptors (Lipinski definition) is 3. The third-order valence-electron chi connectivity index (χ3n) is 5.26. The molecule has 1 saturated heterocycles. The van der Waals surface area contributed by atoms with E-state index >= 15 is 0 Å². The molecule has 1 aromatic carbocycles. The van der Waals surface area contributed by atoms with Crippen molar-refractivity contribution < 1.29 is 18.7 Å². The molecule has 144 valence electrons. The van der Waals surface area contributed by atoms with Crippen LogP contribution in [0.5, 0.6) is 5.75 Å². The number of hydrogen-bond donors (Lipinski definition) is 0. The van der Waals surface area contributed by atoms with Crippen molar-refractivity contribution in [3.63, 3.8) is 0 Å². The minimum atomic E-state index is -0.563. The average molecular weight is 373 g/mol. The van der Waals surface area contributed by atoms with E-state index in [1.54, 1.807) is 15.9 Å². The van der Waals surface area contributed by atoms with Crippen LogP contribution in [-0.4, -0.2) is 59.5 Å². The number of piperazine rings is 1. The first kappa shape index (κ1) is 18.9. The number of nitrogens with zero attached hydrogens (tertiary/aromatic N) is 3. The maximum Gasteiger partial charge on any atom is 0.255 e. The van der Waals surface area contributed by atoms with Crippen LogP contribution in [0.1, 0.15) is 32.1 Å². The van der Waals surface area contributed by atoms with Crippen molar-refractivity contribution in [2.24, 2.45) is 7.05 Å². The van der Waals surface area contributed by atoms with Gasteiger partial charge in [0.1, 0.15) is 0 Å². The molecule has 2 aromatic rings. The van der Waals surface area contributed by atoms with Crippen LogP contribution in [-0.2, 0) is 7.05 Å². The number of rotatable bonds is 3. The third kappa shape index (κ3) is 3.54. The molecule has 1 aliphatic rings. The lowest BCUT2D eigenvalue weighted by atomic mass is 10.1. The number of aryl methyl sites for hydroxylation is 1. The van der Waals surface area contributed by atoms with Gasteiger partial charge in [0.2, 0.25) is 0 Å². The van der Waals surface area contributed by atoms with E-state index in [1.807, 2.05) is 31.5 Å². The molecule has 0 saturated carbocycles. The summed E-state index contributed by atoms with van der Waals surface area (Å²) in [5, 5.41) is 0. The molecule has 1 aromatic heterocycles. The summed E-state index contributed by atoms with van der Waals surface area (Å²) in [5.41, 5.74) is 2.95. The minimum absolute atomic E-state index is 0.0150. The lowest BCUT2D eigenvalue weighted by Gasteiger charge is -2.35. The van der Waals surface area contributed by atoms with Gasteiger partial charge in [-0.25, -0.2) is 4.39 Å². The van der Waals surface area contributed by atoms with Gasteiger partial charge in [-0.1, -0.05) is 0 Å². The first-order valence-electron chi connectivity index (χ1n) is 8.88. The maximum absolute atomic E-state index is 13.9. The van der Waals surface area contributed by atoms with E-state index in [4.69, 9.17) is 4.74 Å². The van der Waals surface area contributed by atoms with Gasteiger partial charge in [-0.15, -0.1) is 0 Å². The smallest absolute Gasteiger partial charge is 0.255 e. The largest absolute Gasteiger partial charge is 0.494 e. The minimum Gasteiger partial charge on any atom is -0.494 e. The van der Waals surface area contributed by atoms with E-state index < -0.39 is 5.82 Å². The summed E-state index contributed by atoms with van der Waals surface area (Å²) in [6.07, 6.45) is 0. The molecule has 6 nitrogen and oxygen atoms in total. The number of carbonyl (C=O) groups is 2. The Bertz CT molecular complexity index is 883. The monoisotopic (exact) mass is 373 g/mol. The van der Waals surface area contributed by atoms with Crippen molar-refractivity contribution in [1.29, 1.82) is 0 Å². The van der Waals surface area contributed by atoms with Crippen LogP contribution in [0.25, 0.3) is 0 Å². The summed E-state index contributed by atoms with van der Waals surface area (Å²) < 4.78 is 20.7. The van der Waals surface area contributed by atoms with Crippen LogP contribution in [0.15, 0.2) is 24.3 Å². The number of carbonyl (C=O) groups excluding carboxylic acids is 2. The van der Waals surface area contributed by atoms with Gasteiger partial charge >= 0.3 is 0 Å². The van der Waals surface area contributed by atoms with Gasteiger partial charge in [0, 0.05) is 50.2 Å². The predicted molar refractivity (Wildman–Crippen MR) is 99.6 cm³/mol. The molecule has 3 rings (SSSR count). The molecule has 0 radical (unpaired) electrons. The first-order valence-corrected chi connectivity index (χ1v) is 8.88. The fourth-order valence-electron chi connectivity index (χ4n) is 3.34. The van der Waals surface area contributed by atoms with Gasteiger partial charge < -0.3 is 19.1 Å². The number of ether oxygens (including phenoxy) is 1. The zero-order valence-electron chi connectivity index (χ0n) is 16.1. The Morgan fingerprint density at radius 2 is 1.59 bits per heavy atom. The molecular weight excluding hydrogens is 349 g/mol. The van der Waals surface area contributed by atoms with E-state index in [0.29, 0.717) is 31.7 Å². The van der Waals surface area contributed by atoms with Gasteiger partial charge in [0.05, 0.1) is 12.7 Å². The highest BCUT2D eigenvalue weighted by molar-refractivity contribution is 5.97. The molecule has 0 aliphatic carbocycles. The highest BCUT2D eigenvalue weighted by Crippen LogP contribution is 2.20. The van der Waals surface area contributed by atoms with Crippen molar-refractivity contribution in [2.75, 3.05) is 33.3 Å². The maximum atomic E-state index is 13.9. The fraction of sp³-hybridized carbons (Fsp3) is 0.400. The molecule has 0 bridgehead atoms. The van der Waals surface area contributed by atoms with E-state index in [0.717, 1.165) is 11.4 Å². The van der Waals surface area contributed by atoms with Crippen LogP contribution < -0.4 is 4.74 Å². The van der Waals surface area contributed by atoms with Crippen molar-refractivity contribution in [3.8, 4) is 5.75 Å². The van der Waals surface area contributed by atoms with Gasteiger partial charge in [-0.2, -0.15) is 0 Å². The fourth-order valence-corrected chi connectivity index (χ4v) is 3.34. The van der Waals surface area contributed by atoms with E-state index in [1.165, 1.54) is 19.2 Å². The van der Waals surface area contributed by atoms with Gasteiger partial charge in [-0.3, -0.25) is 9.59 Å². The average Bonchev–Trinajstić information content (AvgIpc) is 2.94. The molecule has 27 heavy (non-hydrogen) atoms. The summed E-state index contributed by atoms with van der Waals surface area (Å²) in [5.74, 6) is -0.711. The van der Waals surface area contributed by atoms with Crippen molar-refractivity contribution >= 4 is 11.8 Å². The van der Waals surface area contributed by atoms with Crippen LogP contribution >= 0.6 is 0 Å². The Morgan fingerprint density at radius 1 is 1.00 bits per heavy atom. The molecule has 2 amide bonds. The summed E-state index contributed by atoms with van der Waals surface area (Å²) in [7, 11) is 3.32. The van der Waals surface area contributed by atoms with Crippen molar-refractivity contribution in [3.05, 3.63) is 52.6 Å². The van der Waals surface area contributed by atoms with Crippen molar-refractivity contribution in [2.45, 2.75) is 13.8 Å². The Hall–Kier alpha value is -2.83. The lowest BCUT2D eigenvalue weighted by molar-refractivity contribution is 0.0534. The SMILES string of the molecule is COc1ccc(C(=O)N2CCN(C(=O)c3cc(C)n(C)c3C)CC2)cc1F. The number of amides is 2. The Kier molecular flexibility index (Phi) is 5.21. The highest BCUT2D eigenvalue weighted by Gasteiger charge is 2.27. The van der Waals surface area contributed by atoms with Gasteiger partial charge in [0.25, 0.3) is 11.8 Å². The molecule has 7 heteroatoms. The molecular formula is C20H24FN3O3. The number of aromatic nitrogens is 1. The molecule has 2 heterocycles. The molecule has 1 aliphatic heterocycles.